The third kappa shape index (κ3) is 3.20. The van der Waals surface area contributed by atoms with E-state index in [0.717, 1.165) is 11.3 Å². The van der Waals surface area contributed by atoms with Crippen LogP contribution in [0.4, 0.5) is 0 Å². The van der Waals surface area contributed by atoms with Gasteiger partial charge in [0, 0.05) is 12.3 Å². The van der Waals surface area contributed by atoms with Gasteiger partial charge in [-0.05, 0) is 17.7 Å². The van der Waals surface area contributed by atoms with Crippen LogP contribution in [0, 0.1) is 11.8 Å². The Balaban J connectivity index is 2.62. The maximum atomic E-state index is 10.1. The number of aliphatic carboxylic acids is 1. The third-order valence-electron chi connectivity index (χ3n) is 1.65. The maximum Gasteiger partial charge on any atom is 0.381 e. The lowest BCUT2D eigenvalue weighted by molar-refractivity contribution is -0.130. The van der Waals surface area contributed by atoms with Crippen LogP contribution in [0.25, 0.3) is 0 Å². The molecule has 0 saturated heterocycles. The van der Waals surface area contributed by atoms with Crippen molar-refractivity contribution in [2.24, 2.45) is 0 Å². The van der Waals surface area contributed by atoms with Crippen LogP contribution in [0.1, 0.15) is 5.56 Å². The van der Waals surface area contributed by atoms with Gasteiger partial charge in [0.05, 0.1) is 7.11 Å². The van der Waals surface area contributed by atoms with Gasteiger partial charge in [-0.2, -0.15) is 0 Å². The zero-order valence-electron chi connectivity index (χ0n) is 7.78. The molecule has 0 unspecified atom stereocenters. The molecule has 0 spiro atoms. The highest BCUT2D eigenvalue weighted by atomic mass is 16.5. The van der Waals surface area contributed by atoms with Crippen molar-refractivity contribution in [2.75, 3.05) is 7.11 Å². The summed E-state index contributed by atoms with van der Waals surface area (Å²) in [5.41, 5.74) is 0.972. The normalized spacial score (nSPS) is 8.64. The van der Waals surface area contributed by atoms with Crippen LogP contribution >= 0.6 is 0 Å². The summed E-state index contributed by atoms with van der Waals surface area (Å²) in [6, 6.07) is 7.35. The van der Waals surface area contributed by atoms with Gasteiger partial charge < -0.3 is 9.84 Å². The molecule has 0 bridgehead atoms. The number of hydrogen-bond acceptors (Lipinski definition) is 2. The van der Waals surface area contributed by atoms with E-state index in [1.807, 2.05) is 24.3 Å². The van der Waals surface area contributed by atoms with Crippen molar-refractivity contribution in [3.63, 3.8) is 0 Å². The average Bonchev–Trinajstić information content (AvgIpc) is 2.18. The van der Waals surface area contributed by atoms with Crippen molar-refractivity contribution in [2.45, 2.75) is 6.42 Å². The zero-order valence-corrected chi connectivity index (χ0v) is 7.78. The zero-order chi connectivity index (χ0) is 10.4. The van der Waals surface area contributed by atoms with E-state index < -0.39 is 5.97 Å². The molecular formula is C11H10O3. The van der Waals surface area contributed by atoms with Crippen LogP contribution in [0.3, 0.4) is 0 Å². The first-order valence-electron chi connectivity index (χ1n) is 4.07. The summed E-state index contributed by atoms with van der Waals surface area (Å²) in [5, 5.41) is 8.28. The minimum absolute atomic E-state index is 0.441. The lowest BCUT2D eigenvalue weighted by atomic mass is 10.1. The Labute approximate surface area is 82.3 Å². The Kier molecular flexibility index (Phi) is 3.57. The van der Waals surface area contributed by atoms with Gasteiger partial charge in [0.15, 0.2) is 0 Å². The summed E-state index contributed by atoms with van der Waals surface area (Å²) in [4.78, 5) is 10.1. The van der Waals surface area contributed by atoms with Crippen LogP contribution in [0.2, 0.25) is 0 Å². The summed E-state index contributed by atoms with van der Waals surface area (Å²) in [7, 11) is 1.60. The number of carbonyl (C=O) groups is 1. The van der Waals surface area contributed by atoms with Crippen LogP contribution in [0.5, 0.6) is 5.75 Å². The molecule has 0 amide bonds. The predicted octanol–water partition coefficient (Wildman–Crippen LogP) is 1.33. The second-order valence-electron chi connectivity index (χ2n) is 2.63. The molecule has 0 aliphatic heterocycles. The molecule has 0 atom stereocenters. The first-order chi connectivity index (χ1) is 6.72. The van der Waals surface area contributed by atoms with Crippen LogP contribution in [0.15, 0.2) is 24.3 Å². The fourth-order valence-electron chi connectivity index (χ4n) is 0.965. The Morgan fingerprint density at radius 1 is 1.43 bits per heavy atom. The largest absolute Gasteiger partial charge is 0.497 e. The molecular weight excluding hydrogens is 180 g/mol. The summed E-state index contributed by atoms with van der Waals surface area (Å²) in [5.74, 6) is 4.29. The fraction of sp³-hybridized carbons (Fsp3) is 0.182. The van der Waals surface area contributed by atoms with E-state index in [1.165, 1.54) is 0 Å². The average molecular weight is 190 g/mol. The number of carboxylic acids is 1. The highest BCUT2D eigenvalue weighted by Crippen LogP contribution is 2.11. The minimum Gasteiger partial charge on any atom is -0.497 e. The Bertz CT molecular complexity index is 368. The number of hydrogen-bond donors (Lipinski definition) is 1. The molecule has 1 N–H and O–H groups in total. The molecule has 1 aromatic rings. The second kappa shape index (κ2) is 4.93. The number of rotatable bonds is 2. The molecule has 0 saturated carbocycles. The predicted molar refractivity (Wildman–Crippen MR) is 52.1 cm³/mol. The number of carboxylic acid groups (broad SMARTS) is 1. The van der Waals surface area contributed by atoms with Gasteiger partial charge in [-0.1, -0.05) is 18.1 Å². The van der Waals surface area contributed by atoms with Gasteiger partial charge in [0.1, 0.15) is 5.75 Å². The van der Waals surface area contributed by atoms with Gasteiger partial charge in [0.25, 0.3) is 0 Å². The quantitative estimate of drug-likeness (QED) is 0.715. The summed E-state index contributed by atoms with van der Waals surface area (Å²) in [6.45, 7) is 0. The first kappa shape index (κ1) is 10.1. The van der Waals surface area contributed by atoms with E-state index in [2.05, 4.69) is 11.8 Å². The fourth-order valence-corrected chi connectivity index (χ4v) is 0.965. The maximum absolute atomic E-state index is 10.1. The molecule has 14 heavy (non-hydrogen) atoms. The van der Waals surface area contributed by atoms with Crippen molar-refractivity contribution in [3.05, 3.63) is 29.8 Å². The van der Waals surface area contributed by atoms with Crippen molar-refractivity contribution in [1.82, 2.24) is 0 Å². The molecule has 0 radical (unpaired) electrons. The number of methoxy groups -OCH3 is 1. The van der Waals surface area contributed by atoms with E-state index in [1.54, 1.807) is 7.11 Å². The van der Waals surface area contributed by atoms with Gasteiger partial charge in [-0.15, -0.1) is 0 Å². The molecule has 72 valence electrons. The van der Waals surface area contributed by atoms with Crippen LogP contribution < -0.4 is 4.74 Å². The van der Waals surface area contributed by atoms with E-state index in [0.29, 0.717) is 6.42 Å². The third-order valence-corrected chi connectivity index (χ3v) is 1.65. The Morgan fingerprint density at radius 3 is 2.57 bits per heavy atom. The van der Waals surface area contributed by atoms with Gasteiger partial charge >= 0.3 is 5.97 Å². The van der Waals surface area contributed by atoms with E-state index in [-0.39, 0.29) is 0 Å². The smallest absolute Gasteiger partial charge is 0.381 e. The molecule has 0 aliphatic carbocycles. The topological polar surface area (TPSA) is 46.5 Å². The molecule has 1 rings (SSSR count). The monoisotopic (exact) mass is 190 g/mol. The van der Waals surface area contributed by atoms with Crippen molar-refractivity contribution < 1.29 is 14.6 Å². The Hall–Kier alpha value is -1.95. The Morgan fingerprint density at radius 2 is 2.07 bits per heavy atom. The van der Waals surface area contributed by atoms with Gasteiger partial charge in [-0.3, -0.25) is 0 Å². The standard InChI is InChI=1S/C11H10O3/c1-14-10-7-5-9(6-8-10)3-2-4-11(12)13/h5-8H,3H2,1H3,(H,12,13). The van der Waals surface area contributed by atoms with Crippen molar-refractivity contribution >= 4 is 5.97 Å². The van der Waals surface area contributed by atoms with E-state index >= 15 is 0 Å². The minimum atomic E-state index is -1.10. The molecule has 0 fully saturated rings. The first-order valence-corrected chi connectivity index (χ1v) is 4.07. The molecule has 3 heteroatoms. The number of ether oxygens (including phenoxy) is 1. The highest BCUT2D eigenvalue weighted by Gasteiger charge is 1.92. The van der Waals surface area contributed by atoms with Gasteiger partial charge in [0.2, 0.25) is 0 Å². The summed E-state index contributed by atoms with van der Waals surface area (Å²) < 4.78 is 4.98. The van der Waals surface area contributed by atoms with Crippen LogP contribution in [-0.4, -0.2) is 18.2 Å². The number of benzene rings is 1. The van der Waals surface area contributed by atoms with Crippen molar-refractivity contribution in [1.29, 1.82) is 0 Å². The van der Waals surface area contributed by atoms with E-state index in [9.17, 15) is 4.79 Å². The SMILES string of the molecule is COc1ccc(CC#CC(=O)O)cc1. The highest BCUT2D eigenvalue weighted by molar-refractivity contribution is 5.86. The molecule has 0 aromatic heterocycles. The molecule has 0 aliphatic rings. The van der Waals surface area contributed by atoms with Crippen molar-refractivity contribution in [3.8, 4) is 17.6 Å². The molecule has 1 aromatic carbocycles. The molecule has 3 nitrogen and oxygen atoms in total. The summed E-state index contributed by atoms with van der Waals surface area (Å²) in [6.07, 6.45) is 0.441. The lowest BCUT2D eigenvalue weighted by Gasteiger charge is -1.99. The van der Waals surface area contributed by atoms with Crippen LogP contribution in [-0.2, 0) is 11.2 Å². The van der Waals surface area contributed by atoms with E-state index in [4.69, 9.17) is 9.84 Å². The molecule has 0 heterocycles. The lowest BCUT2D eigenvalue weighted by Crippen LogP contribution is -1.88. The second-order valence-corrected chi connectivity index (χ2v) is 2.63. The van der Waals surface area contributed by atoms with Gasteiger partial charge in [-0.25, -0.2) is 4.79 Å². The summed E-state index contributed by atoms with van der Waals surface area (Å²) >= 11 is 0.